The van der Waals surface area contributed by atoms with Gasteiger partial charge in [0.25, 0.3) is 0 Å². The lowest BCUT2D eigenvalue weighted by Gasteiger charge is -2.65. The van der Waals surface area contributed by atoms with Crippen molar-refractivity contribution in [3.8, 4) is 0 Å². The van der Waals surface area contributed by atoms with Crippen LogP contribution >= 0.6 is 11.6 Å². The summed E-state index contributed by atoms with van der Waals surface area (Å²) in [6.07, 6.45) is 10.5. The molecule has 1 aromatic heterocycles. The second-order valence-electron chi connectivity index (χ2n) is 11.8. The molecule has 4 heteroatoms. The summed E-state index contributed by atoms with van der Waals surface area (Å²) in [5.41, 5.74) is 4.78. The summed E-state index contributed by atoms with van der Waals surface area (Å²) in [7, 11) is 0. The van der Waals surface area contributed by atoms with Gasteiger partial charge in [0, 0.05) is 40.8 Å². The van der Waals surface area contributed by atoms with E-state index in [-0.39, 0.29) is 11.4 Å². The third kappa shape index (κ3) is 3.49. The Morgan fingerprint density at radius 2 is 1.75 bits per heavy atom. The maximum atomic E-state index is 13.5. The largest absolute Gasteiger partial charge is 0.343 e. The zero-order valence-electron chi connectivity index (χ0n) is 19.1. The predicted molar refractivity (Wildman–Crippen MR) is 129 cm³/mol. The van der Waals surface area contributed by atoms with Crippen molar-refractivity contribution in [2.24, 2.45) is 16.7 Å². The monoisotopic (exact) mass is 450 g/mol. The molecule has 4 bridgehead atoms. The normalized spacial score (nSPS) is 33.3. The lowest BCUT2D eigenvalue weighted by atomic mass is 9.43. The second-order valence-corrected chi connectivity index (χ2v) is 12.2. The molecule has 0 saturated heterocycles. The Hall–Kier alpha value is -1.84. The Morgan fingerprint density at radius 1 is 1.00 bits per heavy atom. The first-order valence-electron chi connectivity index (χ1n) is 12.0. The molecule has 0 radical (unpaired) electrons. The number of nitrogens with zero attached hydrogens (tertiary/aromatic N) is 1. The van der Waals surface area contributed by atoms with Crippen LogP contribution in [-0.2, 0) is 13.1 Å². The summed E-state index contributed by atoms with van der Waals surface area (Å²) in [6.45, 7) is 6.60. The average molecular weight is 451 g/mol. The van der Waals surface area contributed by atoms with E-state index in [1.54, 1.807) is 6.07 Å². The van der Waals surface area contributed by atoms with Gasteiger partial charge in [0.05, 0.1) is 0 Å². The zero-order chi connectivity index (χ0) is 22.1. The predicted octanol–water partition coefficient (Wildman–Crippen LogP) is 7.32. The van der Waals surface area contributed by atoms with Crippen molar-refractivity contribution in [3.05, 3.63) is 70.6 Å². The van der Waals surface area contributed by atoms with E-state index in [0.717, 1.165) is 18.0 Å². The van der Waals surface area contributed by atoms with Crippen molar-refractivity contribution in [3.63, 3.8) is 0 Å². The maximum absolute atomic E-state index is 13.5. The first-order chi connectivity index (χ1) is 15.2. The van der Waals surface area contributed by atoms with Gasteiger partial charge in [-0.2, -0.15) is 0 Å². The number of hydrogen-bond acceptors (Lipinski definition) is 1. The molecule has 4 saturated carbocycles. The lowest BCUT2D eigenvalue weighted by Crippen LogP contribution is -2.63. The number of benzene rings is 2. The van der Waals surface area contributed by atoms with Crippen LogP contribution in [0.4, 0.5) is 4.39 Å². The molecule has 4 atom stereocenters. The Labute approximate surface area is 195 Å². The van der Waals surface area contributed by atoms with Gasteiger partial charge in [0.15, 0.2) is 0 Å². The van der Waals surface area contributed by atoms with Crippen LogP contribution in [0.5, 0.6) is 0 Å². The van der Waals surface area contributed by atoms with E-state index in [9.17, 15) is 4.39 Å². The van der Waals surface area contributed by atoms with E-state index >= 15 is 0 Å². The highest BCUT2D eigenvalue weighted by molar-refractivity contribution is 6.31. The Kier molecular flexibility index (Phi) is 4.59. The van der Waals surface area contributed by atoms with Gasteiger partial charge in [-0.1, -0.05) is 49.7 Å². The topological polar surface area (TPSA) is 17.0 Å². The SMILES string of the molecule is C[C@]12CC3CC(NCc4cn(Cc5ccc(F)cc5Cl)c5ccccc45)(C1)C[C@@](C)(C3)C2. The van der Waals surface area contributed by atoms with Gasteiger partial charge in [-0.25, -0.2) is 4.39 Å². The Bertz CT molecular complexity index is 1180. The number of fused-ring (bicyclic) bond motifs is 1. The highest BCUT2D eigenvalue weighted by atomic mass is 35.5. The minimum Gasteiger partial charge on any atom is -0.343 e. The standard InChI is InChI=1S/C28H32ClFN2/c1-26-10-19-11-27(2,16-26)18-28(12-19,17-26)31-13-21-15-32(25-6-4-3-5-23(21)25)14-20-7-8-22(30)9-24(20)29/h3-9,15,19,31H,10-14,16-18H2,1-2H3/t19?,26-,27+,28?. The molecule has 0 aliphatic heterocycles. The van der Waals surface area contributed by atoms with Crippen molar-refractivity contribution in [1.82, 2.24) is 9.88 Å². The van der Waals surface area contributed by atoms with Crippen LogP contribution < -0.4 is 5.32 Å². The summed E-state index contributed by atoms with van der Waals surface area (Å²) in [5.74, 6) is 0.592. The molecule has 0 spiro atoms. The molecule has 4 aliphatic rings. The van der Waals surface area contributed by atoms with Crippen LogP contribution in [0.1, 0.15) is 63.5 Å². The van der Waals surface area contributed by atoms with Gasteiger partial charge in [0.2, 0.25) is 0 Å². The molecule has 1 N–H and O–H groups in total. The third-order valence-electron chi connectivity index (χ3n) is 8.51. The zero-order valence-corrected chi connectivity index (χ0v) is 19.8. The smallest absolute Gasteiger partial charge is 0.124 e. The molecule has 32 heavy (non-hydrogen) atoms. The van der Waals surface area contributed by atoms with Crippen molar-refractivity contribution in [2.75, 3.05) is 0 Å². The van der Waals surface area contributed by atoms with Gasteiger partial charge >= 0.3 is 0 Å². The van der Waals surface area contributed by atoms with Gasteiger partial charge in [-0.3, -0.25) is 0 Å². The third-order valence-corrected chi connectivity index (χ3v) is 8.86. The van der Waals surface area contributed by atoms with E-state index in [1.807, 2.05) is 0 Å². The highest BCUT2D eigenvalue weighted by Gasteiger charge is 2.59. The molecule has 168 valence electrons. The molecule has 2 nitrogen and oxygen atoms in total. The fraction of sp³-hybridized carbons (Fsp3) is 0.500. The van der Waals surface area contributed by atoms with E-state index in [4.69, 9.17) is 11.6 Å². The molecular formula is C28H32ClFN2. The van der Waals surface area contributed by atoms with E-state index < -0.39 is 0 Å². The molecule has 2 aromatic carbocycles. The quantitative estimate of drug-likeness (QED) is 0.430. The van der Waals surface area contributed by atoms with Crippen molar-refractivity contribution < 1.29 is 4.39 Å². The molecule has 4 aliphatic carbocycles. The molecular weight excluding hydrogens is 419 g/mol. The molecule has 7 rings (SSSR count). The van der Waals surface area contributed by atoms with E-state index in [1.165, 1.54) is 67.1 Å². The van der Waals surface area contributed by atoms with Crippen LogP contribution in [-0.4, -0.2) is 10.1 Å². The molecule has 1 heterocycles. The molecule has 2 unspecified atom stereocenters. The van der Waals surface area contributed by atoms with Crippen molar-refractivity contribution in [2.45, 2.75) is 71.0 Å². The Morgan fingerprint density at radius 3 is 2.47 bits per heavy atom. The summed E-state index contributed by atoms with van der Waals surface area (Å²) in [4.78, 5) is 0. The fourth-order valence-electron chi connectivity index (χ4n) is 8.36. The van der Waals surface area contributed by atoms with Crippen LogP contribution in [0, 0.1) is 22.6 Å². The minimum absolute atomic E-state index is 0.284. The van der Waals surface area contributed by atoms with Gasteiger partial charge < -0.3 is 9.88 Å². The van der Waals surface area contributed by atoms with Gasteiger partial charge in [-0.15, -0.1) is 0 Å². The fourth-order valence-corrected chi connectivity index (χ4v) is 8.58. The van der Waals surface area contributed by atoms with Crippen LogP contribution in [0.3, 0.4) is 0 Å². The maximum Gasteiger partial charge on any atom is 0.124 e. The van der Waals surface area contributed by atoms with Crippen molar-refractivity contribution >= 4 is 22.5 Å². The summed E-state index contributed by atoms with van der Waals surface area (Å²) < 4.78 is 15.8. The van der Waals surface area contributed by atoms with Crippen LogP contribution in [0.25, 0.3) is 10.9 Å². The lowest BCUT2D eigenvalue weighted by molar-refractivity contribution is -0.118. The number of aromatic nitrogens is 1. The average Bonchev–Trinajstić information content (AvgIpc) is 3.04. The first-order valence-corrected chi connectivity index (χ1v) is 12.4. The van der Waals surface area contributed by atoms with Crippen molar-refractivity contribution in [1.29, 1.82) is 0 Å². The van der Waals surface area contributed by atoms with E-state index in [0.29, 0.717) is 22.4 Å². The minimum atomic E-state index is -0.293. The van der Waals surface area contributed by atoms with E-state index in [2.05, 4.69) is 54.2 Å². The summed E-state index contributed by atoms with van der Waals surface area (Å²) >= 11 is 6.34. The molecule has 0 amide bonds. The number of rotatable bonds is 5. The molecule has 3 aromatic rings. The number of para-hydroxylation sites is 1. The van der Waals surface area contributed by atoms with Gasteiger partial charge in [0.1, 0.15) is 5.82 Å². The second kappa shape index (κ2) is 7.08. The number of hydrogen-bond donors (Lipinski definition) is 1. The number of nitrogens with one attached hydrogen (secondary N) is 1. The number of halogens is 2. The highest BCUT2D eigenvalue weighted by Crippen LogP contribution is 2.66. The summed E-state index contributed by atoms with van der Waals surface area (Å²) in [6, 6.07) is 13.3. The first kappa shape index (κ1) is 20.7. The van der Waals surface area contributed by atoms with Crippen LogP contribution in [0.2, 0.25) is 5.02 Å². The Balaban J connectivity index is 1.29. The van der Waals surface area contributed by atoms with Crippen LogP contribution in [0.15, 0.2) is 48.7 Å². The van der Waals surface area contributed by atoms with Gasteiger partial charge in [-0.05, 0) is 84.6 Å². The molecule has 4 fully saturated rings. The summed E-state index contributed by atoms with van der Waals surface area (Å²) in [5, 5.41) is 5.87.